The third kappa shape index (κ3) is 6.92. The number of carbonyl (C=O) groups is 2. The molecule has 2 atom stereocenters. The van der Waals surface area contributed by atoms with Crippen molar-refractivity contribution >= 4 is 69.7 Å². The molecule has 8 nitrogen and oxygen atoms in total. The second-order valence-electron chi connectivity index (χ2n) is 8.85. The topological polar surface area (TPSA) is 134 Å². The second kappa shape index (κ2) is 12.3. The largest absolute Gasteiger partial charge is 0.337 e. The average molecular weight is 612 g/mol. The van der Waals surface area contributed by atoms with Crippen molar-refractivity contribution in [3.63, 3.8) is 0 Å². The number of amides is 2. The Morgan fingerprint density at radius 1 is 0.650 bits per heavy atom. The predicted octanol–water partition coefficient (Wildman–Crippen LogP) is 3.59. The zero-order valence-corrected chi connectivity index (χ0v) is 23.9. The first-order valence-corrected chi connectivity index (χ1v) is 13.4. The molecule has 2 aromatic carbocycles. The summed E-state index contributed by atoms with van der Waals surface area (Å²) in [4.78, 5) is 24.8. The first-order chi connectivity index (χ1) is 19.0. The van der Waals surface area contributed by atoms with Crippen LogP contribution in [-0.2, 0) is 0 Å². The van der Waals surface area contributed by atoms with Crippen molar-refractivity contribution < 1.29 is 9.59 Å². The van der Waals surface area contributed by atoms with E-state index in [1.54, 1.807) is 97.1 Å². The summed E-state index contributed by atoms with van der Waals surface area (Å²) in [7, 11) is 0. The van der Waals surface area contributed by atoms with E-state index in [9.17, 15) is 9.59 Å². The van der Waals surface area contributed by atoms with Gasteiger partial charge in [0.2, 0.25) is 0 Å². The molecule has 0 radical (unpaired) electrons. The molecular formula is C28H24Cl2N6O2S2. The van der Waals surface area contributed by atoms with Crippen molar-refractivity contribution in [3.8, 4) is 0 Å². The molecule has 2 aliphatic carbocycles. The van der Waals surface area contributed by atoms with Crippen LogP contribution >= 0.6 is 47.6 Å². The van der Waals surface area contributed by atoms with E-state index in [2.05, 4.69) is 21.3 Å². The van der Waals surface area contributed by atoms with Gasteiger partial charge < -0.3 is 22.1 Å². The van der Waals surface area contributed by atoms with E-state index in [0.29, 0.717) is 22.3 Å². The number of hydrogen-bond donors (Lipinski definition) is 6. The molecule has 2 aromatic rings. The summed E-state index contributed by atoms with van der Waals surface area (Å²) >= 11 is 23.6. The highest BCUT2D eigenvalue weighted by Gasteiger charge is 2.32. The van der Waals surface area contributed by atoms with E-state index in [1.807, 2.05) is 0 Å². The number of benzene rings is 2. The molecule has 12 heteroatoms. The molecule has 0 spiro atoms. The Kier molecular flexibility index (Phi) is 8.99. The molecular weight excluding hydrogens is 587 g/mol. The lowest BCUT2D eigenvalue weighted by atomic mass is 9.93. The number of nitrogens with two attached hydrogens (primary N) is 2. The predicted molar refractivity (Wildman–Crippen MR) is 166 cm³/mol. The second-order valence-corrected chi connectivity index (χ2v) is 10.5. The number of allylic oxidation sites excluding steroid dienone is 6. The number of halogens is 2. The van der Waals surface area contributed by atoms with Crippen molar-refractivity contribution in [1.82, 2.24) is 21.3 Å². The lowest BCUT2D eigenvalue weighted by Crippen LogP contribution is -2.59. The van der Waals surface area contributed by atoms with Crippen LogP contribution in [0, 0.1) is 0 Å². The Labute approximate surface area is 251 Å². The molecule has 0 saturated heterocycles. The number of thiocarbonyl (C=S) groups is 2. The van der Waals surface area contributed by atoms with Gasteiger partial charge in [-0.2, -0.15) is 0 Å². The molecule has 0 bridgehead atoms. The van der Waals surface area contributed by atoms with Crippen LogP contribution in [0.4, 0.5) is 0 Å². The number of nitrogens with one attached hydrogen (secondary N) is 4. The van der Waals surface area contributed by atoms with Crippen molar-refractivity contribution in [3.05, 3.63) is 129 Å². The Bertz CT molecular complexity index is 1410. The van der Waals surface area contributed by atoms with Gasteiger partial charge in [-0.25, -0.2) is 0 Å². The monoisotopic (exact) mass is 610 g/mol. The molecule has 0 fully saturated rings. The Morgan fingerprint density at radius 2 is 1.00 bits per heavy atom. The summed E-state index contributed by atoms with van der Waals surface area (Å²) in [6, 6.07) is 17.3. The SMILES string of the molecule is NC1(NC(=S)NC(=O)c2ccccc2)C=CC(=C2C=CC(N)(NC(=S)NC(=O)c3ccccc3)C(Cl)=C2)C=C1Cl. The van der Waals surface area contributed by atoms with Gasteiger partial charge in [-0.05, 0) is 84.2 Å². The number of carbonyl (C=O) groups excluding carboxylic acids is 2. The van der Waals surface area contributed by atoms with Gasteiger partial charge in [-0.15, -0.1) is 0 Å². The van der Waals surface area contributed by atoms with E-state index >= 15 is 0 Å². The fraction of sp³-hybridized carbons (Fsp3) is 0.0714. The van der Waals surface area contributed by atoms with E-state index in [-0.39, 0.29) is 32.1 Å². The lowest BCUT2D eigenvalue weighted by Gasteiger charge is -2.32. The summed E-state index contributed by atoms with van der Waals surface area (Å²) in [6.45, 7) is 0. The molecule has 0 aromatic heterocycles. The molecule has 0 saturated carbocycles. The van der Waals surface area contributed by atoms with Gasteiger partial charge in [-0.1, -0.05) is 71.8 Å². The van der Waals surface area contributed by atoms with Crippen LogP contribution in [-0.4, -0.2) is 33.4 Å². The van der Waals surface area contributed by atoms with Crippen LogP contribution in [0.25, 0.3) is 0 Å². The summed E-state index contributed by atoms with van der Waals surface area (Å²) in [5.74, 6) is -0.760. The summed E-state index contributed by atoms with van der Waals surface area (Å²) in [5.41, 5.74) is 12.4. The van der Waals surface area contributed by atoms with Crippen LogP contribution in [0.15, 0.2) is 118 Å². The van der Waals surface area contributed by atoms with Crippen LogP contribution in [0.2, 0.25) is 0 Å². The maximum Gasteiger partial charge on any atom is 0.257 e. The molecule has 4 rings (SSSR count). The minimum absolute atomic E-state index is 0.0125. The summed E-state index contributed by atoms with van der Waals surface area (Å²) in [5, 5.41) is 11.4. The summed E-state index contributed by atoms with van der Waals surface area (Å²) < 4.78 is 0. The third-order valence-corrected chi connectivity index (χ3v) is 7.16. The molecule has 2 aliphatic rings. The van der Waals surface area contributed by atoms with Gasteiger partial charge in [0.1, 0.15) is 11.3 Å². The van der Waals surface area contributed by atoms with E-state index in [4.69, 9.17) is 59.1 Å². The molecule has 8 N–H and O–H groups in total. The van der Waals surface area contributed by atoms with Crippen molar-refractivity contribution in [2.45, 2.75) is 11.3 Å². The van der Waals surface area contributed by atoms with Crippen LogP contribution in [0.3, 0.4) is 0 Å². The quantitative estimate of drug-likeness (QED) is 0.228. The maximum absolute atomic E-state index is 12.4. The highest BCUT2D eigenvalue weighted by Crippen LogP contribution is 2.32. The molecule has 204 valence electrons. The van der Waals surface area contributed by atoms with Crippen LogP contribution in [0.5, 0.6) is 0 Å². The fourth-order valence-corrected chi connectivity index (χ4v) is 4.72. The molecule has 0 heterocycles. The average Bonchev–Trinajstić information content (AvgIpc) is 2.92. The lowest BCUT2D eigenvalue weighted by molar-refractivity contribution is 0.0968. The van der Waals surface area contributed by atoms with Crippen LogP contribution in [0.1, 0.15) is 20.7 Å². The van der Waals surface area contributed by atoms with Crippen LogP contribution < -0.4 is 32.7 Å². The molecule has 2 unspecified atom stereocenters. The maximum atomic E-state index is 12.4. The zero-order chi connectivity index (χ0) is 28.9. The molecule has 2 amide bonds. The number of hydrogen-bond acceptors (Lipinski definition) is 6. The molecule has 0 aliphatic heterocycles. The highest BCUT2D eigenvalue weighted by molar-refractivity contribution is 7.80. The normalized spacial score (nSPS) is 23.4. The number of rotatable bonds is 4. The first kappa shape index (κ1) is 29.3. The first-order valence-electron chi connectivity index (χ1n) is 11.8. The van der Waals surface area contributed by atoms with Gasteiger partial charge in [0.15, 0.2) is 10.2 Å². The minimum Gasteiger partial charge on any atom is -0.337 e. The van der Waals surface area contributed by atoms with Gasteiger partial charge in [0.25, 0.3) is 11.8 Å². The standard InChI is InChI=1S/C28H24Cl2N6O2S2/c29-21-15-19(11-13-27(21,31)35-25(39)33-23(37)17-7-3-1-4-8-17)20-12-14-28(32,22(30)16-20)36-26(40)34-24(38)18-9-5-2-6-10-18/h1-16H,31-32H2,(H2,33,35,37,39)(H2,34,36,38,40). The van der Waals surface area contributed by atoms with Crippen molar-refractivity contribution in [2.75, 3.05) is 0 Å². The third-order valence-electron chi connectivity index (χ3n) is 5.91. The smallest absolute Gasteiger partial charge is 0.257 e. The fourth-order valence-electron chi connectivity index (χ4n) is 3.74. The van der Waals surface area contributed by atoms with Gasteiger partial charge >= 0.3 is 0 Å². The highest BCUT2D eigenvalue weighted by atomic mass is 35.5. The van der Waals surface area contributed by atoms with Crippen molar-refractivity contribution in [1.29, 1.82) is 0 Å². The van der Waals surface area contributed by atoms with Gasteiger partial charge in [0.05, 0.1) is 10.1 Å². The van der Waals surface area contributed by atoms with Crippen molar-refractivity contribution in [2.24, 2.45) is 11.5 Å². The zero-order valence-electron chi connectivity index (χ0n) is 20.8. The Hall–Kier alpha value is -3.64. The molecule has 40 heavy (non-hydrogen) atoms. The summed E-state index contributed by atoms with van der Waals surface area (Å²) in [6.07, 6.45) is 10.0. The van der Waals surface area contributed by atoms with E-state index < -0.39 is 11.3 Å². The Morgan fingerprint density at radius 3 is 1.32 bits per heavy atom. The van der Waals surface area contributed by atoms with Gasteiger partial charge in [0, 0.05) is 11.1 Å². The van der Waals surface area contributed by atoms with Gasteiger partial charge in [-0.3, -0.25) is 20.2 Å². The van der Waals surface area contributed by atoms with E-state index in [1.165, 1.54) is 0 Å². The minimum atomic E-state index is -1.35. The Balaban J connectivity index is 1.41. The van der Waals surface area contributed by atoms with E-state index in [0.717, 1.165) is 0 Å².